The molecule has 0 saturated heterocycles. The van der Waals surface area contributed by atoms with Gasteiger partial charge in [0.1, 0.15) is 11.4 Å². The van der Waals surface area contributed by atoms with Crippen LogP contribution in [0.2, 0.25) is 0 Å². The Morgan fingerprint density at radius 1 is 0.833 bits per heavy atom. The zero-order valence-electron chi connectivity index (χ0n) is 18.6. The highest BCUT2D eigenvalue weighted by molar-refractivity contribution is 7.10. The van der Waals surface area contributed by atoms with Crippen LogP contribution >= 0.6 is 11.3 Å². The van der Waals surface area contributed by atoms with Gasteiger partial charge in [-0.1, -0.05) is 0 Å². The molecule has 1 aromatic heterocycles. The van der Waals surface area contributed by atoms with Crippen molar-refractivity contribution in [3.05, 3.63) is 16.3 Å². The van der Waals surface area contributed by atoms with Gasteiger partial charge in [-0.2, -0.15) is 0 Å². The highest BCUT2D eigenvalue weighted by atomic mass is 32.1. The highest BCUT2D eigenvalue weighted by Gasteiger charge is 2.70. The molecule has 2 nitrogen and oxygen atoms in total. The predicted octanol–water partition coefficient (Wildman–Crippen LogP) is 6.77. The smallest absolute Gasteiger partial charge is 0.130 e. The molecule has 164 valence electrons. The largest absolute Gasteiger partial charge is 0.493 e. The first-order valence-electron chi connectivity index (χ1n) is 12.9. The van der Waals surface area contributed by atoms with E-state index in [4.69, 9.17) is 4.74 Å². The van der Waals surface area contributed by atoms with Gasteiger partial charge in [-0.05, 0) is 126 Å². The average Bonchev–Trinajstić information content (AvgIpc) is 3.14. The number of hydrogen-bond acceptors (Lipinski definition) is 3. The van der Waals surface area contributed by atoms with Gasteiger partial charge >= 0.3 is 0 Å². The first-order chi connectivity index (χ1) is 14.5. The molecule has 0 atom stereocenters. The minimum absolute atomic E-state index is 0.127. The van der Waals surface area contributed by atoms with Crippen molar-refractivity contribution in [2.75, 3.05) is 6.61 Å². The van der Waals surface area contributed by atoms with Gasteiger partial charge < -0.3 is 9.84 Å². The monoisotopic (exact) mass is 426 g/mol. The second kappa shape index (κ2) is 6.28. The van der Waals surface area contributed by atoms with Crippen molar-refractivity contribution in [2.45, 2.75) is 89.6 Å². The molecule has 0 amide bonds. The molecule has 1 N–H and O–H groups in total. The van der Waals surface area contributed by atoms with E-state index in [9.17, 15) is 5.11 Å². The van der Waals surface area contributed by atoms with Gasteiger partial charge in [0.05, 0.1) is 6.61 Å². The third kappa shape index (κ3) is 2.40. The molecule has 1 aromatic rings. The number of ether oxygens (including phenoxy) is 1. The van der Waals surface area contributed by atoms with Crippen LogP contribution in [0.5, 0.6) is 5.75 Å². The Morgan fingerprint density at radius 3 is 1.60 bits per heavy atom. The van der Waals surface area contributed by atoms with Gasteiger partial charge in [0.2, 0.25) is 0 Å². The van der Waals surface area contributed by atoms with E-state index in [1.54, 1.807) is 0 Å². The summed E-state index contributed by atoms with van der Waals surface area (Å²) in [4.78, 5) is 1.27. The Balaban J connectivity index is 1.39. The molecule has 8 bridgehead atoms. The molecule has 8 saturated carbocycles. The quantitative estimate of drug-likeness (QED) is 0.563. The minimum Gasteiger partial charge on any atom is -0.493 e. The first kappa shape index (κ1) is 19.0. The van der Waals surface area contributed by atoms with Crippen molar-refractivity contribution in [1.29, 1.82) is 0 Å². The Hall–Kier alpha value is -0.540. The van der Waals surface area contributed by atoms with Crippen LogP contribution in [0.1, 0.15) is 88.9 Å². The molecule has 0 aromatic carbocycles. The number of hydrogen-bond donors (Lipinski definition) is 1. The first-order valence-corrected chi connectivity index (χ1v) is 13.8. The van der Waals surface area contributed by atoms with Crippen LogP contribution in [-0.4, -0.2) is 11.7 Å². The molecule has 9 rings (SSSR count). The zero-order chi connectivity index (χ0) is 20.1. The van der Waals surface area contributed by atoms with Crippen LogP contribution in [0, 0.1) is 46.3 Å². The fourth-order valence-electron chi connectivity index (χ4n) is 10.9. The summed E-state index contributed by atoms with van der Waals surface area (Å²) in [6.07, 6.45) is 16.4. The van der Waals surface area contributed by atoms with Crippen LogP contribution in [0.4, 0.5) is 0 Å². The van der Waals surface area contributed by atoms with Crippen molar-refractivity contribution in [1.82, 2.24) is 0 Å². The van der Waals surface area contributed by atoms with Crippen molar-refractivity contribution in [2.24, 2.45) is 46.3 Å². The molecular weight excluding hydrogens is 388 g/mol. The molecule has 0 aliphatic heterocycles. The Bertz CT molecular complexity index is 723. The SMILES string of the molecule is CCOc1csc(C(O)(C23CC4CC(CC(C4)C2)C3)C23CC4CC(CC(C4)C2)C3)c1. The molecule has 8 fully saturated rings. The lowest BCUT2D eigenvalue weighted by atomic mass is 9.36. The summed E-state index contributed by atoms with van der Waals surface area (Å²) in [5.74, 6) is 6.26. The van der Waals surface area contributed by atoms with E-state index >= 15 is 0 Å². The van der Waals surface area contributed by atoms with Crippen LogP contribution < -0.4 is 4.74 Å². The summed E-state index contributed by atoms with van der Waals surface area (Å²) >= 11 is 1.82. The van der Waals surface area contributed by atoms with Gasteiger partial charge in [0.25, 0.3) is 0 Å². The third-order valence-corrected chi connectivity index (χ3v) is 11.9. The van der Waals surface area contributed by atoms with E-state index in [2.05, 4.69) is 18.4 Å². The lowest BCUT2D eigenvalue weighted by Gasteiger charge is -2.70. The van der Waals surface area contributed by atoms with E-state index in [0.29, 0.717) is 6.61 Å². The van der Waals surface area contributed by atoms with Crippen LogP contribution in [0.25, 0.3) is 0 Å². The lowest BCUT2D eigenvalue weighted by Crippen LogP contribution is -2.66. The summed E-state index contributed by atoms with van der Waals surface area (Å²) in [7, 11) is 0. The second-order valence-electron chi connectivity index (χ2n) is 12.7. The van der Waals surface area contributed by atoms with Gasteiger partial charge in [-0.25, -0.2) is 0 Å². The maximum absolute atomic E-state index is 13.3. The van der Waals surface area contributed by atoms with Crippen molar-refractivity contribution in [3.63, 3.8) is 0 Å². The molecular formula is C27H38O2S. The van der Waals surface area contributed by atoms with Crippen LogP contribution in [0.3, 0.4) is 0 Å². The number of thiophene rings is 1. The molecule has 8 aliphatic carbocycles. The minimum atomic E-state index is -0.633. The zero-order valence-corrected chi connectivity index (χ0v) is 19.4. The average molecular weight is 427 g/mol. The summed E-state index contributed by atoms with van der Waals surface area (Å²) in [5.41, 5.74) is -0.379. The predicted molar refractivity (Wildman–Crippen MR) is 121 cm³/mol. The normalized spacial score (nSPS) is 50.1. The van der Waals surface area contributed by atoms with Gasteiger partial charge in [-0.3, -0.25) is 0 Å². The molecule has 0 radical (unpaired) electrons. The summed E-state index contributed by atoms with van der Waals surface area (Å²) in [6, 6.07) is 2.27. The lowest BCUT2D eigenvalue weighted by molar-refractivity contribution is -0.276. The molecule has 30 heavy (non-hydrogen) atoms. The van der Waals surface area contributed by atoms with E-state index in [1.165, 1.54) is 81.9 Å². The van der Waals surface area contributed by atoms with E-state index in [-0.39, 0.29) is 10.8 Å². The third-order valence-electron chi connectivity index (χ3n) is 10.9. The topological polar surface area (TPSA) is 29.5 Å². The molecule has 0 unspecified atom stereocenters. The van der Waals surface area contributed by atoms with Gasteiger partial charge in [-0.15, -0.1) is 11.3 Å². The van der Waals surface area contributed by atoms with Crippen molar-refractivity contribution in [3.8, 4) is 5.75 Å². The summed E-state index contributed by atoms with van der Waals surface area (Å²) < 4.78 is 5.92. The Labute approximate surface area is 185 Å². The molecule has 3 heteroatoms. The second-order valence-corrected chi connectivity index (χ2v) is 13.6. The summed E-state index contributed by atoms with van der Waals surface area (Å²) in [6.45, 7) is 2.78. The summed E-state index contributed by atoms with van der Waals surface area (Å²) in [5, 5.41) is 15.5. The van der Waals surface area contributed by atoms with Gasteiger partial charge in [0, 0.05) is 21.1 Å². The fraction of sp³-hybridized carbons (Fsp3) is 0.852. The van der Waals surface area contributed by atoms with Crippen molar-refractivity contribution < 1.29 is 9.84 Å². The Kier molecular flexibility index (Phi) is 3.97. The standard InChI is InChI=1S/C27H38O2S/c1-2-29-23-9-24(30-16-23)27(28,25-10-17-3-18(11-25)5-19(4-17)12-25)26-13-20-6-21(14-26)8-22(7-20)15-26/h9,16-22,28H,2-8,10-15H2,1H3. The highest BCUT2D eigenvalue weighted by Crippen LogP contribution is 2.75. The fourth-order valence-corrected chi connectivity index (χ4v) is 12.1. The van der Waals surface area contributed by atoms with E-state index < -0.39 is 5.60 Å². The molecule has 0 spiro atoms. The maximum Gasteiger partial charge on any atom is 0.130 e. The molecule has 8 aliphatic rings. The number of rotatable bonds is 5. The van der Waals surface area contributed by atoms with Crippen LogP contribution in [-0.2, 0) is 5.60 Å². The molecule has 1 heterocycles. The van der Waals surface area contributed by atoms with E-state index in [1.807, 2.05) is 11.3 Å². The van der Waals surface area contributed by atoms with Gasteiger partial charge in [0.15, 0.2) is 0 Å². The Morgan fingerprint density at radius 2 is 1.23 bits per heavy atom. The van der Waals surface area contributed by atoms with E-state index in [0.717, 1.165) is 41.3 Å². The van der Waals surface area contributed by atoms with Crippen molar-refractivity contribution >= 4 is 11.3 Å². The van der Waals surface area contributed by atoms with Crippen LogP contribution in [0.15, 0.2) is 11.4 Å². The maximum atomic E-state index is 13.3. The number of aliphatic hydroxyl groups is 1.